The molecular weight excluding hydrogens is 521 g/mol. The van der Waals surface area contributed by atoms with Gasteiger partial charge in [0.05, 0.1) is 11.3 Å². The second-order valence-electron chi connectivity index (χ2n) is 8.56. The molecule has 0 bridgehead atoms. The number of fused-ring (bicyclic) bond motifs is 1. The van der Waals surface area contributed by atoms with Gasteiger partial charge in [-0.15, -0.1) is 11.3 Å². The van der Waals surface area contributed by atoms with Crippen LogP contribution in [0.4, 0.5) is 25.3 Å². The van der Waals surface area contributed by atoms with Crippen molar-refractivity contribution in [1.82, 2.24) is 9.29 Å². The number of hydrogen-bond acceptors (Lipinski definition) is 8. The third-order valence-electron chi connectivity index (χ3n) is 6.42. The molecule has 0 saturated carbocycles. The normalized spacial score (nSPS) is 16.0. The molecule has 11 heteroatoms. The van der Waals surface area contributed by atoms with Gasteiger partial charge in [0.15, 0.2) is 5.13 Å². The van der Waals surface area contributed by atoms with Crippen LogP contribution in [0.5, 0.6) is 0 Å². The average molecular weight is 548 g/mol. The summed E-state index contributed by atoms with van der Waals surface area (Å²) in [7, 11) is 1.97. The van der Waals surface area contributed by atoms with Crippen LogP contribution < -0.4 is 14.1 Å². The molecule has 0 radical (unpaired) electrons. The van der Waals surface area contributed by atoms with E-state index < -0.39 is 6.43 Å². The zero-order chi connectivity index (χ0) is 25.2. The van der Waals surface area contributed by atoms with E-state index in [9.17, 15) is 13.6 Å². The molecule has 0 N–H and O–H groups in total. The molecule has 0 unspecified atom stereocenters. The number of alkyl halides is 2. The standard InChI is InChI=1S/C25H27F2N5OS3/c1-29(34-2)22-6-4-3-5-19(22)24(33)32-10-9-17-15-18(7-8-21(17)32)36-31-13-11-30(12-14-31)25-28-20(16-35-25)23(26)27/h3-8,15-16,23H,9-14H2,1-2H3. The topological polar surface area (TPSA) is 42.9 Å². The number of para-hydroxylation sites is 1. The molecule has 0 aliphatic carbocycles. The van der Waals surface area contributed by atoms with E-state index in [0.29, 0.717) is 17.2 Å². The third-order valence-corrected chi connectivity index (χ3v) is 9.17. The van der Waals surface area contributed by atoms with E-state index in [2.05, 4.69) is 32.4 Å². The lowest BCUT2D eigenvalue weighted by atomic mass is 10.1. The Hall–Kier alpha value is -2.34. The second-order valence-corrected chi connectivity index (χ2v) is 11.5. The van der Waals surface area contributed by atoms with Crippen LogP contribution in [0.3, 0.4) is 0 Å². The summed E-state index contributed by atoms with van der Waals surface area (Å²) < 4.78 is 30.0. The maximum atomic E-state index is 13.5. The van der Waals surface area contributed by atoms with Crippen LogP contribution in [0.1, 0.15) is 28.0 Å². The quantitative estimate of drug-likeness (QED) is 0.345. The SMILES string of the molecule is CSN(C)c1ccccc1C(=O)N1CCc2cc(SN3CCN(c4nc(C(F)F)cs4)CC3)ccc21. The zero-order valence-electron chi connectivity index (χ0n) is 20.1. The third kappa shape index (κ3) is 5.20. The van der Waals surface area contributed by atoms with Crippen molar-refractivity contribution in [3.05, 3.63) is 64.7 Å². The molecule has 2 aliphatic rings. The Labute approximate surface area is 222 Å². The maximum absolute atomic E-state index is 13.5. The smallest absolute Gasteiger partial charge is 0.281 e. The number of carbonyl (C=O) groups is 1. The Morgan fingerprint density at radius 3 is 2.61 bits per heavy atom. The first-order valence-electron chi connectivity index (χ1n) is 11.7. The van der Waals surface area contributed by atoms with Gasteiger partial charge in [0.2, 0.25) is 0 Å². The van der Waals surface area contributed by atoms with Crippen molar-refractivity contribution in [2.75, 3.05) is 60.1 Å². The lowest BCUT2D eigenvalue weighted by Gasteiger charge is -2.33. The Kier molecular flexibility index (Phi) is 7.71. The highest BCUT2D eigenvalue weighted by Gasteiger charge is 2.28. The van der Waals surface area contributed by atoms with Gasteiger partial charge in [0, 0.05) is 62.0 Å². The fourth-order valence-electron chi connectivity index (χ4n) is 4.46. The van der Waals surface area contributed by atoms with Crippen molar-refractivity contribution in [3.8, 4) is 0 Å². The number of hydrogen-bond donors (Lipinski definition) is 0. The first-order valence-corrected chi connectivity index (χ1v) is 14.5. The number of carbonyl (C=O) groups excluding carboxylic acids is 1. The van der Waals surface area contributed by atoms with E-state index in [4.69, 9.17) is 0 Å². The summed E-state index contributed by atoms with van der Waals surface area (Å²) in [6.45, 7) is 3.80. The fourth-order valence-corrected chi connectivity index (χ4v) is 6.66. The average Bonchev–Trinajstić information content (AvgIpc) is 3.56. The van der Waals surface area contributed by atoms with E-state index in [1.807, 2.05) is 46.8 Å². The monoisotopic (exact) mass is 547 g/mol. The van der Waals surface area contributed by atoms with Crippen molar-refractivity contribution in [2.45, 2.75) is 17.7 Å². The van der Waals surface area contributed by atoms with Gasteiger partial charge in [-0.05, 0) is 54.3 Å². The number of halogens is 2. The van der Waals surface area contributed by atoms with E-state index in [1.54, 1.807) is 23.9 Å². The number of benzene rings is 2. The molecule has 3 aromatic rings. The highest BCUT2D eigenvalue weighted by molar-refractivity contribution is 7.99. The first kappa shape index (κ1) is 25.3. The Morgan fingerprint density at radius 1 is 1.11 bits per heavy atom. The number of anilines is 3. The van der Waals surface area contributed by atoms with Crippen molar-refractivity contribution >= 4 is 57.6 Å². The van der Waals surface area contributed by atoms with Crippen LogP contribution in [-0.2, 0) is 6.42 Å². The molecule has 0 spiro atoms. The van der Waals surface area contributed by atoms with Crippen molar-refractivity contribution in [1.29, 1.82) is 0 Å². The summed E-state index contributed by atoms with van der Waals surface area (Å²) in [5.74, 6) is 0.0268. The molecule has 6 nitrogen and oxygen atoms in total. The number of piperazine rings is 1. The molecule has 2 aromatic carbocycles. The lowest BCUT2D eigenvalue weighted by molar-refractivity contribution is 0.0990. The molecule has 3 heterocycles. The molecule has 2 aliphatic heterocycles. The summed E-state index contributed by atoms with van der Waals surface area (Å²) in [6.07, 6.45) is 0.304. The molecule has 1 amide bonds. The molecule has 1 saturated heterocycles. The predicted molar refractivity (Wildman–Crippen MR) is 147 cm³/mol. The Balaban J connectivity index is 1.22. The number of nitrogens with zero attached hydrogens (tertiary/aromatic N) is 5. The van der Waals surface area contributed by atoms with Crippen LogP contribution in [0.2, 0.25) is 0 Å². The van der Waals surface area contributed by atoms with Crippen molar-refractivity contribution in [2.24, 2.45) is 0 Å². The molecule has 36 heavy (non-hydrogen) atoms. The molecule has 5 rings (SSSR count). The fraction of sp³-hybridized carbons (Fsp3) is 0.360. The van der Waals surface area contributed by atoms with E-state index in [0.717, 1.165) is 48.9 Å². The van der Waals surface area contributed by atoms with E-state index in [1.165, 1.54) is 22.3 Å². The maximum Gasteiger partial charge on any atom is 0.281 e. The number of aromatic nitrogens is 1. The van der Waals surface area contributed by atoms with E-state index >= 15 is 0 Å². The molecule has 1 fully saturated rings. The van der Waals surface area contributed by atoms with Gasteiger partial charge < -0.3 is 14.1 Å². The van der Waals surface area contributed by atoms with Crippen LogP contribution in [0.25, 0.3) is 0 Å². The summed E-state index contributed by atoms with van der Waals surface area (Å²) in [4.78, 5) is 22.7. The van der Waals surface area contributed by atoms with E-state index in [-0.39, 0.29) is 11.6 Å². The van der Waals surface area contributed by atoms with Gasteiger partial charge >= 0.3 is 0 Å². The highest BCUT2D eigenvalue weighted by Crippen LogP contribution is 2.36. The van der Waals surface area contributed by atoms with Gasteiger partial charge in [-0.2, -0.15) is 0 Å². The molecule has 190 valence electrons. The van der Waals surface area contributed by atoms with Crippen LogP contribution in [-0.4, -0.2) is 61.2 Å². The minimum atomic E-state index is -2.52. The van der Waals surface area contributed by atoms with Gasteiger partial charge in [-0.3, -0.25) is 4.79 Å². The van der Waals surface area contributed by atoms with Gasteiger partial charge in [0.25, 0.3) is 12.3 Å². The number of amides is 1. The predicted octanol–water partition coefficient (Wildman–Crippen LogP) is 5.83. The number of rotatable bonds is 7. The lowest BCUT2D eigenvalue weighted by Crippen LogP contribution is -2.43. The van der Waals surface area contributed by atoms with Crippen LogP contribution in [0, 0.1) is 0 Å². The molecular formula is C25H27F2N5OS3. The number of thiazole rings is 1. The van der Waals surface area contributed by atoms with Gasteiger partial charge in [-0.25, -0.2) is 18.1 Å². The first-order chi connectivity index (χ1) is 17.4. The van der Waals surface area contributed by atoms with Gasteiger partial charge in [-0.1, -0.05) is 24.1 Å². The Morgan fingerprint density at radius 2 is 1.89 bits per heavy atom. The Bertz CT molecular complexity index is 1230. The minimum absolute atomic E-state index is 0.0268. The summed E-state index contributed by atoms with van der Waals surface area (Å²) in [5, 5.41) is 2.11. The van der Waals surface area contributed by atoms with Gasteiger partial charge in [0.1, 0.15) is 5.69 Å². The van der Waals surface area contributed by atoms with Crippen molar-refractivity contribution in [3.63, 3.8) is 0 Å². The molecule has 0 atom stereocenters. The minimum Gasteiger partial charge on any atom is -0.345 e. The largest absolute Gasteiger partial charge is 0.345 e. The molecule has 1 aromatic heterocycles. The summed E-state index contributed by atoms with van der Waals surface area (Å²) >= 11 is 4.57. The second kappa shape index (κ2) is 11.0. The van der Waals surface area contributed by atoms with Crippen LogP contribution in [0.15, 0.2) is 52.7 Å². The van der Waals surface area contributed by atoms with Crippen LogP contribution >= 0.6 is 35.2 Å². The summed E-state index contributed by atoms with van der Waals surface area (Å²) in [6, 6.07) is 14.1. The highest BCUT2D eigenvalue weighted by atomic mass is 32.2. The summed E-state index contributed by atoms with van der Waals surface area (Å²) in [5.41, 5.74) is 3.65. The zero-order valence-corrected chi connectivity index (χ0v) is 22.5. The van der Waals surface area contributed by atoms with Crippen molar-refractivity contribution < 1.29 is 13.6 Å².